The minimum atomic E-state index is -1.75. The van der Waals surface area contributed by atoms with E-state index in [1.54, 1.807) is 0 Å². The molecule has 0 bridgehead atoms. The van der Waals surface area contributed by atoms with Crippen LogP contribution in [0.25, 0.3) is 22.1 Å². The number of para-hydroxylation sites is 4. The number of imidazole rings is 2. The molecule has 2 atom stereocenters. The van der Waals surface area contributed by atoms with Gasteiger partial charge in [-0.3, -0.25) is 0 Å². The van der Waals surface area contributed by atoms with Crippen LogP contribution in [-0.2, 0) is 0 Å². The molecule has 158 valence electrons. The quantitative estimate of drug-likeness (QED) is 0.269. The topological polar surface area (TPSA) is 233 Å². The first-order valence-electron chi connectivity index (χ1n) is 8.18. The summed E-state index contributed by atoms with van der Waals surface area (Å²) in [6.45, 7) is 0. The van der Waals surface area contributed by atoms with Gasteiger partial charge in [0.1, 0.15) is 0 Å². The zero-order valence-electron chi connectivity index (χ0n) is 15.0. The minimum absolute atomic E-state index is 0.459. The maximum absolute atomic E-state index is 10.4. The van der Waals surface area contributed by atoms with Gasteiger partial charge in [0.2, 0.25) is 0 Å². The van der Waals surface area contributed by atoms with Crippen molar-refractivity contribution in [3.05, 3.63) is 90.8 Å². The number of H-pyrrole nitrogens is 4. The lowest BCUT2D eigenvalue weighted by atomic mass is 10.2. The van der Waals surface area contributed by atoms with Gasteiger partial charge in [-0.25, -0.2) is 19.9 Å². The smallest absolute Gasteiger partial charge is 0.285 e. The third-order valence-electron chi connectivity index (χ3n) is 3.82. The van der Waals surface area contributed by atoms with Gasteiger partial charge in [0.05, 0.1) is 10.2 Å². The highest BCUT2D eigenvalue weighted by Gasteiger charge is 2.33. The van der Waals surface area contributed by atoms with Crippen molar-refractivity contribution in [2.75, 3.05) is 0 Å². The van der Waals surface area contributed by atoms with Gasteiger partial charge in [0.25, 0.3) is 11.6 Å². The fraction of sp³-hybridized carbons (Fsp3) is 0.125. The number of rotatable bonds is 3. The predicted octanol–water partition coefficient (Wildman–Crippen LogP) is 0.566. The first-order chi connectivity index (χ1) is 14.2. The fourth-order valence-electron chi connectivity index (χ4n) is 2.66. The van der Waals surface area contributed by atoms with Crippen LogP contribution in [0, 0.1) is 30.6 Å². The van der Waals surface area contributed by atoms with E-state index in [-0.39, 0.29) is 0 Å². The summed E-state index contributed by atoms with van der Waals surface area (Å²) in [6.07, 6.45) is -2.20. The Morgan fingerprint density at radius 2 is 1.00 bits per heavy atom. The van der Waals surface area contributed by atoms with Gasteiger partial charge in [-0.15, -0.1) is 0 Å². The van der Waals surface area contributed by atoms with E-state index < -0.39 is 22.4 Å². The van der Waals surface area contributed by atoms with Crippen LogP contribution in [0.5, 0.6) is 0 Å². The molecule has 0 aliphatic carbocycles. The van der Waals surface area contributed by atoms with Gasteiger partial charge in [0.15, 0.2) is 34.3 Å². The van der Waals surface area contributed by atoms with E-state index in [1.807, 2.05) is 48.5 Å². The van der Waals surface area contributed by atoms with E-state index in [0.717, 1.165) is 22.1 Å². The molecule has 2 heterocycles. The number of hydrogen-bond acceptors (Lipinski definition) is 8. The molecule has 4 rings (SSSR count). The van der Waals surface area contributed by atoms with Crippen molar-refractivity contribution < 1.29 is 30.4 Å². The van der Waals surface area contributed by atoms with Gasteiger partial charge in [-0.05, 0) is 24.3 Å². The number of hydrogen-bond donors (Lipinski definition) is 4. The molecule has 0 aliphatic rings. The second-order valence-corrected chi connectivity index (χ2v) is 5.76. The number of aromatic amines is 4. The van der Waals surface area contributed by atoms with E-state index in [9.17, 15) is 10.2 Å². The molecule has 2 aromatic heterocycles. The highest BCUT2D eigenvalue weighted by Crippen LogP contribution is 2.24. The first-order valence-corrected chi connectivity index (χ1v) is 8.18. The highest BCUT2D eigenvalue weighted by atomic mass is 16.9. The number of benzene rings is 2. The van der Waals surface area contributed by atoms with Crippen molar-refractivity contribution >= 4 is 22.1 Å². The number of nitrogens with zero attached hydrogens (tertiary/aromatic N) is 2. The summed E-state index contributed by atoms with van der Waals surface area (Å²) >= 11 is 0. The second kappa shape index (κ2) is 9.76. The fourth-order valence-corrected chi connectivity index (χ4v) is 2.66. The Morgan fingerprint density at radius 3 is 1.30 bits per heavy atom. The SMILES string of the molecule is O=[N+]([O-])[O-].O=[N+]([O-])[O-].O[C@@H](c1[nH]c2ccccc2[nH+]1)[C@@H](O)c1[nH]c2ccccc2[nH+]1. The third-order valence-corrected chi connectivity index (χ3v) is 3.82. The number of aliphatic hydroxyl groups is 2. The average molecular weight is 420 g/mol. The maximum atomic E-state index is 10.4. The number of fused-ring (bicyclic) bond motifs is 2. The Hall–Kier alpha value is -4.30. The Bertz CT molecular complexity index is 979. The Labute approximate surface area is 166 Å². The van der Waals surface area contributed by atoms with Crippen molar-refractivity contribution in [1.82, 2.24) is 9.97 Å². The maximum Gasteiger partial charge on any atom is 0.285 e. The number of aliphatic hydroxyl groups excluding tert-OH is 2. The molecule has 14 nitrogen and oxygen atoms in total. The van der Waals surface area contributed by atoms with Crippen LogP contribution >= 0.6 is 0 Å². The van der Waals surface area contributed by atoms with E-state index in [4.69, 9.17) is 30.6 Å². The summed E-state index contributed by atoms with van der Waals surface area (Å²) < 4.78 is 0. The zero-order valence-corrected chi connectivity index (χ0v) is 15.0. The Kier molecular flexibility index (Phi) is 7.16. The summed E-state index contributed by atoms with van der Waals surface area (Å²) in [6, 6.07) is 15.3. The molecule has 0 amide bonds. The highest BCUT2D eigenvalue weighted by molar-refractivity contribution is 5.71. The standard InChI is InChI=1S/C16H14N4O2.2NO3/c21-13(15-17-9-5-1-2-6-10(9)18-15)14(22)16-19-11-7-3-4-8-12(11)20-16;2*2-1(3)4/h1-8,13-14,21-22H,(H,17,18)(H,19,20);;/q;2*-1/p+2/t13-,14-;;/m1../s1. The molecule has 0 aliphatic heterocycles. The van der Waals surface area contributed by atoms with E-state index in [0.29, 0.717) is 11.6 Å². The lowest BCUT2D eigenvalue weighted by molar-refractivity contribution is -0.403. The van der Waals surface area contributed by atoms with Gasteiger partial charge < -0.3 is 40.9 Å². The van der Waals surface area contributed by atoms with Crippen LogP contribution in [0.15, 0.2) is 48.5 Å². The molecular formula is C16H16N6O8. The lowest BCUT2D eigenvalue weighted by Gasteiger charge is -2.06. The van der Waals surface area contributed by atoms with Crippen molar-refractivity contribution in [2.24, 2.45) is 0 Å². The van der Waals surface area contributed by atoms with Crippen LogP contribution < -0.4 is 9.97 Å². The molecule has 4 aromatic rings. The van der Waals surface area contributed by atoms with E-state index >= 15 is 0 Å². The van der Waals surface area contributed by atoms with Gasteiger partial charge in [-0.2, -0.15) is 0 Å². The molecule has 0 unspecified atom stereocenters. The molecule has 14 heteroatoms. The molecule has 0 saturated heterocycles. The largest absolute Gasteiger partial charge is 0.378 e. The molecule has 0 saturated carbocycles. The van der Waals surface area contributed by atoms with Gasteiger partial charge in [0, 0.05) is 0 Å². The molecule has 0 spiro atoms. The summed E-state index contributed by atoms with van der Waals surface area (Å²) in [4.78, 5) is 28.8. The minimum Gasteiger partial charge on any atom is -0.378 e. The third kappa shape index (κ3) is 5.85. The predicted molar refractivity (Wildman–Crippen MR) is 100 cm³/mol. The van der Waals surface area contributed by atoms with E-state index in [1.165, 1.54) is 0 Å². The average Bonchev–Trinajstić information content (AvgIpc) is 3.29. The van der Waals surface area contributed by atoms with Crippen molar-refractivity contribution in [3.63, 3.8) is 0 Å². The molecule has 6 N–H and O–H groups in total. The summed E-state index contributed by atoms with van der Waals surface area (Å²) in [5.41, 5.74) is 3.52. The molecular weight excluding hydrogens is 404 g/mol. The van der Waals surface area contributed by atoms with Crippen LogP contribution in [-0.4, -0.2) is 30.4 Å². The molecule has 2 aromatic carbocycles. The normalized spacial score (nSPS) is 12.2. The van der Waals surface area contributed by atoms with Crippen molar-refractivity contribution in [2.45, 2.75) is 12.2 Å². The van der Waals surface area contributed by atoms with Gasteiger partial charge in [-0.1, -0.05) is 24.3 Å². The zero-order chi connectivity index (χ0) is 22.3. The summed E-state index contributed by atoms with van der Waals surface area (Å²) in [5.74, 6) is 0.918. The van der Waals surface area contributed by atoms with Crippen LogP contribution in [0.4, 0.5) is 0 Å². The van der Waals surface area contributed by atoms with Crippen LogP contribution in [0.2, 0.25) is 0 Å². The Balaban J connectivity index is 0.000000347. The van der Waals surface area contributed by atoms with E-state index in [2.05, 4.69) is 19.9 Å². The Morgan fingerprint density at radius 1 is 0.700 bits per heavy atom. The molecule has 0 radical (unpaired) electrons. The summed E-state index contributed by atoms with van der Waals surface area (Å²) in [7, 11) is 0. The summed E-state index contributed by atoms with van der Waals surface area (Å²) in [5, 5.41) is 50.3. The molecule has 30 heavy (non-hydrogen) atoms. The number of nitrogens with one attached hydrogen (secondary N) is 4. The van der Waals surface area contributed by atoms with Crippen LogP contribution in [0.1, 0.15) is 23.9 Å². The van der Waals surface area contributed by atoms with Crippen molar-refractivity contribution in [3.8, 4) is 0 Å². The molecule has 0 fully saturated rings. The second-order valence-electron chi connectivity index (χ2n) is 5.76. The monoisotopic (exact) mass is 420 g/mol. The van der Waals surface area contributed by atoms with Gasteiger partial charge >= 0.3 is 0 Å². The number of aromatic nitrogens is 4. The first kappa shape index (κ1) is 22.0. The van der Waals surface area contributed by atoms with Crippen LogP contribution in [0.3, 0.4) is 0 Å². The lowest BCUT2D eigenvalue weighted by Crippen LogP contribution is -2.23. The van der Waals surface area contributed by atoms with Crippen molar-refractivity contribution in [1.29, 1.82) is 0 Å².